The van der Waals surface area contributed by atoms with Gasteiger partial charge in [0.1, 0.15) is 0 Å². The van der Waals surface area contributed by atoms with Gasteiger partial charge in [-0.2, -0.15) is 0 Å². The number of unbranched alkanes of at least 4 members (excludes halogenated alkanes) is 1. The van der Waals surface area contributed by atoms with Crippen LogP contribution in [0.3, 0.4) is 0 Å². The fraction of sp³-hybridized carbons (Fsp3) is 0.375. The zero-order valence-corrected chi connectivity index (χ0v) is 12.3. The number of hydrogen-bond acceptors (Lipinski definition) is 2. The van der Waals surface area contributed by atoms with Crippen LogP contribution in [-0.4, -0.2) is 14.1 Å². The largest absolute Gasteiger partial charge is 0.378 e. The number of rotatable bonds is 5. The minimum absolute atomic E-state index is 1.22. The molecule has 1 heterocycles. The molecule has 0 amide bonds. The Hall–Kier alpha value is -1.28. The highest BCUT2D eigenvalue weighted by molar-refractivity contribution is 7.15. The maximum Gasteiger partial charge on any atom is 0.0361 e. The van der Waals surface area contributed by atoms with Crippen LogP contribution in [0.1, 0.15) is 24.6 Å². The summed E-state index contributed by atoms with van der Waals surface area (Å²) in [6.07, 6.45) is 3.78. The molecule has 0 N–H and O–H groups in total. The van der Waals surface area contributed by atoms with Crippen molar-refractivity contribution in [1.29, 1.82) is 0 Å². The molecule has 0 saturated heterocycles. The van der Waals surface area contributed by atoms with E-state index >= 15 is 0 Å². The first kappa shape index (κ1) is 13.2. The van der Waals surface area contributed by atoms with Crippen LogP contribution < -0.4 is 4.90 Å². The summed E-state index contributed by atoms with van der Waals surface area (Å²) in [5.41, 5.74) is 2.58. The van der Waals surface area contributed by atoms with Crippen LogP contribution in [0.5, 0.6) is 0 Å². The van der Waals surface area contributed by atoms with Gasteiger partial charge in [-0.15, -0.1) is 11.3 Å². The average molecular weight is 259 g/mol. The lowest BCUT2D eigenvalue weighted by molar-refractivity contribution is 0.804. The fourth-order valence-electron chi connectivity index (χ4n) is 1.94. The Morgan fingerprint density at radius 3 is 2.33 bits per heavy atom. The predicted molar refractivity (Wildman–Crippen MR) is 82.7 cm³/mol. The van der Waals surface area contributed by atoms with Gasteiger partial charge in [0, 0.05) is 29.5 Å². The topological polar surface area (TPSA) is 3.24 Å². The minimum atomic E-state index is 1.22. The summed E-state index contributed by atoms with van der Waals surface area (Å²) < 4.78 is 0. The Morgan fingerprint density at radius 1 is 1.00 bits per heavy atom. The van der Waals surface area contributed by atoms with Gasteiger partial charge in [-0.3, -0.25) is 0 Å². The van der Waals surface area contributed by atoms with E-state index in [0.717, 1.165) is 0 Å². The van der Waals surface area contributed by atoms with E-state index in [-0.39, 0.29) is 0 Å². The number of nitrogens with zero attached hydrogens (tertiary/aromatic N) is 1. The summed E-state index contributed by atoms with van der Waals surface area (Å²) in [7, 11) is 4.14. The van der Waals surface area contributed by atoms with Crippen molar-refractivity contribution in [2.75, 3.05) is 19.0 Å². The molecule has 18 heavy (non-hydrogen) atoms. The molecule has 0 aliphatic carbocycles. The highest BCUT2D eigenvalue weighted by atomic mass is 32.1. The Balaban J connectivity index is 2.13. The van der Waals surface area contributed by atoms with E-state index in [1.54, 1.807) is 0 Å². The zero-order chi connectivity index (χ0) is 13.0. The third-order valence-electron chi connectivity index (χ3n) is 3.11. The molecule has 1 aromatic heterocycles. The van der Waals surface area contributed by atoms with E-state index < -0.39 is 0 Å². The van der Waals surface area contributed by atoms with Gasteiger partial charge in [-0.1, -0.05) is 25.5 Å². The normalized spacial score (nSPS) is 10.6. The predicted octanol–water partition coefficient (Wildman–Crippen LogP) is 4.82. The molecule has 0 atom stereocenters. The smallest absolute Gasteiger partial charge is 0.0361 e. The van der Waals surface area contributed by atoms with Crippen molar-refractivity contribution in [3.8, 4) is 10.4 Å². The van der Waals surface area contributed by atoms with Gasteiger partial charge in [-0.05, 0) is 42.7 Å². The monoisotopic (exact) mass is 259 g/mol. The summed E-state index contributed by atoms with van der Waals surface area (Å²) in [6, 6.07) is 13.3. The van der Waals surface area contributed by atoms with Crippen molar-refractivity contribution < 1.29 is 0 Å². The van der Waals surface area contributed by atoms with E-state index in [9.17, 15) is 0 Å². The lowest BCUT2D eigenvalue weighted by atomic mass is 10.1. The molecule has 0 aliphatic rings. The lowest BCUT2D eigenvalue weighted by Gasteiger charge is -2.12. The van der Waals surface area contributed by atoms with Gasteiger partial charge in [0.2, 0.25) is 0 Å². The molecule has 0 fully saturated rings. The highest BCUT2D eigenvalue weighted by Gasteiger charge is 2.03. The first-order valence-electron chi connectivity index (χ1n) is 6.57. The summed E-state index contributed by atoms with van der Waals surface area (Å²) in [5, 5.41) is 0. The van der Waals surface area contributed by atoms with E-state index in [2.05, 4.69) is 62.3 Å². The second kappa shape index (κ2) is 6.05. The first-order valence-corrected chi connectivity index (χ1v) is 7.39. The molecule has 0 radical (unpaired) electrons. The van der Waals surface area contributed by atoms with Gasteiger partial charge in [0.25, 0.3) is 0 Å². The van der Waals surface area contributed by atoms with Gasteiger partial charge in [0.15, 0.2) is 0 Å². The Morgan fingerprint density at radius 2 is 1.72 bits per heavy atom. The molecule has 96 valence electrons. The van der Waals surface area contributed by atoms with Crippen molar-refractivity contribution in [1.82, 2.24) is 0 Å². The van der Waals surface area contributed by atoms with Crippen LogP contribution in [0.15, 0.2) is 36.4 Å². The van der Waals surface area contributed by atoms with Crippen molar-refractivity contribution in [3.63, 3.8) is 0 Å². The molecule has 1 aromatic carbocycles. The van der Waals surface area contributed by atoms with Crippen molar-refractivity contribution in [2.45, 2.75) is 26.2 Å². The fourth-order valence-corrected chi connectivity index (χ4v) is 3.00. The number of thiophene rings is 1. The number of hydrogen-bond donors (Lipinski definition) is 0. The zero-order valence-electron chi connectivity index (χ0n) is 11.4. The second-order valence-corrected chi connectivity index (χ2v) is 5.98. The van der Waals surface area contributed by atoms with E-state index in [1.807, 2.05) is 11.3 Å². The molecule has 0 spiro atoms. The van der Waals surface area contributed by atoms with Crippen LogP contribution in [0.4, 0.5) is 5.69 Å². The maximum atomic E-state index is 2.27. The third kappa shape index (κ3) is 3.14. The van der Waals surface area contributed by atoms with Crippen LogP contribution in [0, 0.1) is 0 Å². The summed E-state index contributed by atoms with van der Waals surface area (Å²) in [5.74, 6) is 0. The molecule has 0 aliphatic heterocycles. The number of anilines is 1. The average Bonchev–Trinajstić information content (AvgIpc) is 2.85. The third-order valence-corrected chi connectivity index (χ3v) is 4.30. The molecule has 0 bridgehead atoms. The van der Waals surface area contributed by atoms with Gasteiger partial charge >= 0.3 is 0 Å². The van der Waals surface area contributed by atoms with Crippen molar-refractivity contribution >= 4 is 17.0 Å². The van der Waals surface area contributed by atoms with Crippen molar-refractivity contribution in [3.05, 3.63) is 41.3 Å². The van der Waals surface area contributed by atoms with Gasteiger partial charge in [0.05, 0.1) is 0 Å². The molecular formula is C16H21NS. The first-order chi connectivity index (χ1) is 8.70. The highest BCUT2D eigenvalue weighted by Crippen LogP contribution is 2.30. The number of aryl methyl sites for hydroxylation is 1. The molecule has 1 nitrogen and oxygen atoms in total. The van der Waals surface area contributed by atoms with Crippen LogP contribution >= 0.6 is 11.3 Å². The number of benzene rings is 1. The molecule has 2 rings (SSSR count). The quantitative estimate of drug-likeness (QED) is 0.744. The molecule has 0 unspecified atom stereocenters. The van der Waals surface area contributed by atoms with Crippen LogP contribution in [-0.2, 0) is 6.42 Å². The lowest BCUT2D eigenvalue weighted by Crippen LogP contribution is -2.07. The minimum Gasteiger partial charge on any atom is -0.378 e. The van der Waals surface area contributed by atoms with E-state index in [1.165, 1.54) is 40.3 Å². The summed E-state index contributed by atoms with van der Waals surface area (Å²) in [4.78, 5) is 5.01. The van der Waals surface area contributed by atoms with E-state index in [0.29, 0.717) is 0 Å². The van der Waals surface area contributed by atoms with Crippen molar-refractivity contribution in [2.24, 2.45) is 0 Å². The Labute approximate surface area is 114 Å². The van der Waals surface area contributed by atoms with Crippen LogP contribution in [0.2, 0.25) is 0 Å². The molecule has 2 heteroatoms. The summed E-state index contributed by atoms with van der Waals surface area (Å²) >= 11 is 1.93. The maximum absolute atomic E-state index is 2.27. The Kier molecular flexibility index (Phi) is 4.43. The molecule has 0 saturated carbocycles. The molecular weight excluding hydrogens is 238 g/mol. The Bertz CT molecular complexity index is 482. The van der Waals surface area contributed by atoms with Crippen LogP contribution in [0.25, 0.3) is 10.4 Å². The SMILES string of the molecule is CCCCc1ccc(-c2ccc(N(C)C)cc2)s1. The molecule has 2 aromatic rings. The second-order valence-electron chi connectivity index (χ2n) is 4.81. The van der Waals surface area contributed by atoms with Gasteiger partial charge < -0.3 is 4.90 Å². The standard InChI is InChI=1S/C16H21NS/c1-4-5-6-15-11-12-16(18-15)13-7-9-14(10-8-13)17(2)3/h7-12H,4-6H2,1-3H3. The summed E-state index contributed by atoms with van der Waals surface area (Å²) in [6.45, 7) is 2.24. The van der Waals surface area contributed by atoms with Gasteiger partial charge in [-0.25, -0.2) is 0 Å². The van der Waals surface area contributed by atoms with E-state index in [4.69, 9.17) is 0 Å².